The molecule has 4 N–H and O–H groups in total. The molecule has 196 valence electrons. The Balaban J connectivity index is 1.65. The molecule has 37 heavy (non-hydrogen) atoms. The maximum absolute atomic E-state index is 13.2. The van der Waals surface area contributed by atoms with Crippen molar-refractivity contribution in [2.75, 3.05) is 10.6 Å². The van der Waals surface area contributed by atoms with Crippen LogP contribution in [0.1, 0.15) is 39.7 Å². The van der Waals surface area contributed by atoms with E-state index in [1.165, 1.54) is 18.7 Å². The molecule has 2 unspecified atom stereocenters. The number of anilines is 2. The molecule has 3 rings (SSSR count). The molecule has 1 saturated heterocycles. The van der Waals surface area contributed by atoms with Crippen LogP contribution >= 0.6 is 0 Å². The van der Waals surface area contributed by atoms with E-state index in [0.29, 0.717) is 11.4 Å². The first-order valence-corrected chi connectivity index (χ1v) is 11.8. The summed E-state index contributed by atoms with van der Waals surface area (Å²) in [6.45, 7) is 6.28. The van der Waals surface area contributed by atoms with Crippen LogP contribution in [0.4, 0.5) is 21.0 Å². The van der Waals surface area contributed by atoms with Crippen molar-refractivity contribution in [1.82, 2.24) is 15.1 Å². The number of nitrogens with zero attached hydrogens (tertiary/aromatic N) is 2. The van der Waals surface area contributed by atoms with Gasteiger partial charge in [0, 0.05) is 24.0 Å². The molecule has 0 aromatic heterocycles. The first kappa shape index (κ1) is 27.2. The Hall–Kier alpha value is -4.41. The standard InChI is InChI=1S/C26H31N5O6/c1-16(14-21(32)33)27-22(34)17(2)31-23(35)26(3,4)30(25(31)37)15-18-10-12-20(13-11-18)29-24(36)28-19-8-6-5-7-9-19/h5-13,16-17H,14-15H2,1-4H3,(H,27,34)(H,32,33)(H2,28,29,36). The number of carboxylic acids is 1. The molecule has 1 heterocycles. The van der Waals surface area contributed by atoms with E-state index in [9.17, 15) is 24.0 Å². The van der Waals surface area contributed by atoms with Crippen LogP contribution in [0, 0.1) is 0 Å². The molecule has 2 aromatic rings. The second-order valence-electron chi connectivity index (χ2n) is 9.43. The molecule has 1 aliphatic rings. The van der Waals surface area contributed by atoms with E-state index >= 15 is 0 Å². The zero-order valence-corrected chi connectivity index (χ0v) is 21.1. The van der Waals surface area contributed by atoms with E-state index in [4.69, 9.17) is 5.11 Å². The number of nitrogens with one attached hydrogen (secondary N) is 3. The third kappa shape index (κ3) is 6.43. The third-order valence-corrected chi connectivity index (χ3v) is 6.07. The number of para-hydroxylation sites is 1. The Bertz CT molecular complexity index is 1180. The predicted molar refractivity (Wildman–Crippen MR) is 137 cm³/mol. The molecule has 1 aliphatic heterocycles. The number of hydrogen-bond acceptors (Lipinski definition) is 5. The monoisotopic (exact) mass is 509 g/mol. The van der Waals surface area contributed by atoms with Gasteiger partial charge in [-0.3, -0.25) is 14.4 Å². The number of urea groups is 2. The van der Waals surface area contributed by atoms with E-state index in [1.54, 1.807) is 50.2 Å². The molecule has 1 fully saturated rings. The molecular weight excluding hydrogens is 478 g/mol. The summed E-state index contributed by atoms with van der Waals surface area (Å²) in [5.41, 5.74) is 0.713. The van der Waals surface area contributed by atoms with Crippen LogP contribution in [0.5, 0.6) is 0 Å². The number of carbonyl (C=O) groups excluding carboxylic acids is 4. The number of amides is 6. The largest absolute Gasteiger partial charge is 0.481 e. The first-order chi connectivity index (χ1) is 17.4. The van der Waals surface area contributed by atoms with Crippen molar-refractivity contribution in [3.05, 3.63) is 60.2 Å². The summed E-state index contributed by atoms with van der Waals surface area (Å²) in [6.07, 6.45) is -0.281. The van der Waals surface area contributed by atoms with Gasteiger partial charge in [0.2, 0.25) is 5.91 Å². The maximum Gasteiger partial charge on any atom is 0.328 e. The van der Waals surface area contributed by atoms with E-state index in [2.05, 4.69) is 16.0 Å². The maximum atomic E-state index is 13.2. The Morgan fingerprint density at radius 2 is 1.49 bits per heavy atom. The summed E-state index contributed by atoms with van der Waals surface area (Å²) in [5, 5.41) is 16.9. The summed E-state index contributed by atoms with van der Waals surface area (Å²) in [5.74, 6) is -2.21. The molecule has 11 nitrogen and oxygen atoms in total. The van der Waals surface area contributed by atoms with Crippen LogP contribution in [-0.4, -0.2) is 62.4 Å². The third-order valence-electron chi connectivity index (χ3n) is 6.07. The van der Waals surface area contributed by atoms with Crippen LogP contribution < -0.4 is 16.0 Å². The highest BCUT2D eigenvalue weighted by Gasteiger charge is 2.53. The molecular formula is C26H31N5O6. The predicted octanol–water partition coefficient (Wildman–Crippen LogP) is 3.24. The van der Waals surface area contributed by atoms with Crippen molar-refractivity contribution in [2.24, 2.45) is 0 Å². The molecule has 11 heteroatoms. The zero-order valence-electron chi connectivity index (χ0n) is 21.1. The lowest BCUT2D eigenvalue weighted by Gasteiger charge is -2.27. The van der Waals surface area contributed by atoms with Crippen LogP contribution in [0.15, 0.2) is 54.6 Å². The second-order valence-corrected chi connectivity index (χ2v) is 9.43. The zero-order chi connectivity index (χ0) is 27.3. The smallest absolute Gasteiger partial charge is 0.328 e. The fraction of sp³-hybridized carbons (Fsp3) is 0.346. The van der Waals surface area contributed by atoms with Crippen molar-refractivity contribution < 1.29 is 29.1 Å². The molecule has 2 aromatic carbocycles. The molecule has 0 bridgehead atoms. The second kappa shape index (κ2) is 11.1. The highest BCUT2D eigenvalue weighted by atomic mass is 16.4. The highest BCUT2D eigenvalue weighted by Crippen LogP contribution is 2.31. The normalized spacial score (nSPS) is 16.2. The van der Waals surface area contributed by atoms with Gasteiger partial charge >= 0.3 is 18.0 Å². The molecule has 0 radical (unpaired) electrons. The lowest BCUT2D eigenvalue weighted by molar-refractivity contribution is -0.140. The van der Waals surface area contributed by atoms with Crippen molar-refractivity contribution in [1.29, 1.82) is 0 Å². The first-order valence-electron chi connectivity index (χ1n) is 11.8. The summed E-state index contributed by atoms with van der Waals surface area (Å²) >= 11 is 0. The average molecular weight is 510 g/mol. The van der Waals surface area contributed by atoms with E-state index in [0.717, 1.165) is 10.5 Å². The molecule has 2 atom stereocenters. The van der Waals surface area contributed by atoms with Gasteiger partial charge in [-0.15, -0.1) is 0 Å². The van der Waals surface area contributed by atoms with Gasteiger partial charge in [-0.1, -0.05) is 30.3 Å². The number of carbonyl (C=O) groups is 5. The van der Waals surface area contributed by atoms with Crippen molar-refractivity contribution >= 4 is 41.2 Å². The number of aliphatic carboxylic acids is 1. The number of carboxylic acid groups (broad SMARTS) is 1. The van der Waals surface area contributed by atoms with Gasteiger partial charge in [-0.2, -0.15) is 0 Å². The van der Waals surface area contributed by atoms with Crippen molar-refractivity contribution in [3.8, 4) is 0 Å². The average Bonchev–Trinajstić information content (AvgIpc) is 2.99. The molecule has 0 spiro atoms. The number of imide groups is 1. The number of hydrogen-bond donors (Lipinski definition) is 4. The minimum absolute atomic E-state index is 0.105. The van der Waals surface area contributed by atoms with Crippen LogP contribution in [-0.2, 0) is 20.9 Å². The highest BCUT2D eigenvalue weighted by molar-refractivity contribution is 6.09. The molecule has 0 aliphatic carbocycles. The van der Waals surface area contributed by atoms with Gasteiger partial charge in [0.1, 0.15) is 11.6 Å². The summed E-state index contributed by atoms with van der Waals surface area (Å²) in [6, 6.07) is 13.0. The number of rotatable bonds is 9. The SMILES string of the molecule is CC(CC(=O)O)NC(=O)C(C)N1C(=O)N(Cc2ccc(NC(=O)Nc3ccccc3)cc2)C(C)(C)C1=O. The van der Waals surface area contributed by atoms with Gasteiger partial charge < -0.3 is 26.0 Å². The van der Waals surface area contributed by atoms with E-state index in [-0.39, 0.29) is 13.0 Å². The van der Waals surface area contributed by atoms with Gasteiger partial charge in [0.05, 0.1) is 6.42 Å². The summed E-state index contributed by atoms with van der Waals surface area (Å²) in [7, 11) is 0. The van der Waals surface area contributed by atoms with Crippen molar-refractivity contribution in [2.45, 2.75) is 58.3 Å². The Labute approximate surface area is 214 Å². The quantitative estimate of drug-likeness (QED) is 0.382. The Morgan fingerprint density at radius 1 is 0.919 bits per heavy atom. The van der Waals surface area contributed by atoms with Gasteiger partial charge in [0.25, 0.3) is 5.91 Å². The van der Waals surface area contributed by atoms with Crippen LogP contribution in [0.3, 0.4) is 0 Å². The van der Waals surface area contributed by atoms with Gasteiger partial charge in [-0.05, 0) is 57.5 Å². The van der Waals surface area contributed by atoms with E-state index in [1.807, 2.05) is 18.2 Å². The van der Waals surface area contributed by atoms with Gasteiger partial charge in [0.15, 0.2) is 0 Å². The van der Waals surface area contributed by atoms with Crippen LogP contribution in [0.25, 0.3) is 0 Å². The fourth-order valence-corrected chi connectivity index (χ4v) is 3.96. The molecule has 0 saturated carbocycles. The topological polar surface area (TPSA) is 148 Å². The van der Waals surface area contributed by atoms with E-state index < -0.39 is 47.5 Å². The Morgan fingerprint density at radius 3 is 2.05 bits per heavy atom. The summed E-state index contributed by atoms with van der Waals surface area (Å²) < 4.78 is 0. The Kier molecular flexibility index (Phi) is 8.16. The summed E-state index contributed by atoms with van der Waals surface area (Å²) in [4.78, 5) is 64.3. The van der Waals surface area contributed by atoms with Crippen LogP contribution in [0.2, 0.25) is 0 Å². The minimum Gasteiger partial charge on any atom is -0.481 e. The number of benzene rings is 2. The lowest BCUT2D eigenvalue weighted by atomic mass is 10.0. The lowest BCUT2D eigenvalue weighted by Crippen LogP contribution is -2.51. The minimum atomic E-state index is -1.20. The fourth-order valence-electron chi connectivity index (χ4n) is 3.96. The van der Waals surface area contributed by atoms with Gasteiger partial charge in [-0.25, -0.2) is 14.5 Å². The molecule has 6 amide bonds. The van der Waals surface area contributed by atoms with Crippen molar-refractivity contribution in [3.63, 3.8) is 0 Å².